The average molecular weight is 321 g/mol. The summed E-state index contributed by atoms with van der Waals surface area (Å²) in [5.41, 5.74) is 5.74. The van der Waals surface area contributed by atoms with Crippen molar-refractivity contribution < 1.29 is 9.90 Å². The zero-order chi connectivity index (χ0) is 17.0. The summed E-state index contributed by atoms with van der Waals surface area (Å²) in [5.74, 6) is 0.391. The van der Waals surface area contributed by atoms with Gasteiger partial charge in [-0.05, 0) is 31.1 Å². The summed E-state index contributed by atoms with van der Waals surface area (Å²) in [5, 5.41) is 16.0. The van der Waals surface area contributed by atoms with Crippen LogP contribution in [0.25, 0.3) is 0 Å². The van der Waals surface area contributed by atoms with Crippen molar-refractivity contribution in [2.75, 3.05) is 17.2 Å². The molecule has 0 radical (unpaired) electrons. The molecule has 0 bridgehead atoms. The number of rotatable bonds is 5. The van der Waals surface area contributed by atoms with E-state index in [1.165, 1.54) is 6.20 Å². The Hall–Kier alpha value is -1.89. The van der Waals surface area contributed by atoms with Gasteiger partial charge in [0.15, 0.2) is 0 Å². The van der Waals surface area contributed by atoms with Crippen LogP contribution >= 0.6 is 0 Å². The van der Waals surface area contributed by atoms with Crippen molar-refractivity contribution >= 4 is 17.7 Å². The zero-order valence-corrected chi connectivity index (χ0v) is 14.1. The van der Waals surface area contributed by atoms with E-state index in [9.17, 15) is 9.90 Å². The van der Waals surface area contributed by atoms with Crippen LogP contribution in [0.15, 0.2) is 6.20 Å². The van der Waals surface area contributed by atoms with Gasteiger partial charge >= 0.3 is 0 Å². The van der Waals surface area contributed by atoms with Crippen LogP contribution in [-0.4, -0.2) is 39.7 Å². The van der Waals surface area contributed by atoms with Crippen molar-refractivity contribution in [3.05, 3.63) is 11.8 Å². The minimum Gasteiger partial charge on any atom is -0.393 e. The smallest absolute Gasteiger partial charge is 0.254 e. The number of aliphatic hydroxyl groups excluding tert-OH is 1. The van der Waals surface area contributed by atoms with Gasteiger partial charge < -0.3 is 21.5 Å². The van der Waals surface area contributed by atoms with Crippen LogP contribution < -0.4 is 16.4 Å². The Morgan fingerprint density at radius 3 is 2.57 bits per heavy atom. The maximum Gasteiger partial charge on any atom is 0.254 e. The number of anilines is 2. The Labute approximate surface area is 137 Å². The van der Waals surface area contributed by atoms with Crippen LogP contribution in [-0.2, 0) is 0 Å². The molecule has 0 saturated heterocycles. The highest BCUT2D eigenvalue weighted by molar-refractivity contribution is 5.97. The number of aliphatic hydroxyl groups is 1. The normalized spacial score (nSPS) is 21.7. The van der Waals surface area contributed by atoms with E-state index in [0.717, 1.165) is 25.7 Å². The lowest BCUT2D eigenvalue weighted by Gasteiger charge is -2.26. The number of nitrogens with zero attached hydrogens (tertiary/aromatic N) is 2. The maximum absolute atomic E-state index is 11.5. The highest BCUT2D eigenvalue weighted by Crippen LogP contribution is 2.22. The molecule has 1 fully saturated rings. The molecular formula is C16H27N5O2. The van der Waals surface area contributed by atoms with E-state index in [1.54, 1.807) is 0 Å². The molecule has 1 amide bonds. The van der Waals surface area contributed by atoms with Gasteiger partial charge in [0.25, 0.3) is 5.91 Å². The number of nitrogens with one attached hydrogen (secondary N) is 2. The second-order valence-corrected chi connectivity index (χ2v) is 7.38. The standard InChI is InChI=1S/C16H27N5O2/c1-16(2,3)9-19-14-12(13(17)23)8-18-15(21-14)20-10-4-6-11(22)7-5-10/h8,10-11,22H,4-7,9H2,1-3H3,(H2,17,23)(H2,18,19,20,21)/t10-,11-. The fourth-order valence-corrected chi connectivity index (χ4v) is 2.52. The summed E-state index contributed by atoms with van der Waals surface area (Å²) >= 11 is 0. The molecule has 2 rings (SSSR count). The van der Waals surface area contributed by atoms with E-state index in [0.29, 0.717) is 23.9 Å². The van der Waals surface area contributed by atoms with E-state index in [1.807, 2.05) is 0 Å². The number of nitrogens with two attached hydrogens (primary N) is 1. The van der Waals surface area contributed by atoms with Gasteiger partial charge in [-0.3, -0.25) is 4.79 Å². The topological polar surface area (TPSA) is 113 Å². The van der Waals surface area contributed by atoms with Gasteiger partial charge in [-0.1, -0.05) is 20.8 Å². The van der Waals surface area contributed by atoms with Crippen LogP contribution in [0.1, 0.15) is 56.8 Å². The Morgan fingerprint density at radius 1 is 1.35 bits per heavy atom. The van der Waals surface area contributed by atoms with Gasteiger partial charge in [-0.15, -0.1) is 0 Å². The SMILES string of the molecule is CC(C)(C)CNc1nc(N[C@H]2CC[C@H](O)CC2)ncc1C(N)=O. The van der Waals surface area contributed by atoms with Gasteiger partial charge in [0, 0.05) is 18.8 Å². The third-order valence-corrected chi connectivity index (χ3v) is 3.87. The highest BCUT2D eigenvalue weighted by atomic mass is 16.3. The van der Waals surface area contributed by atoms with Gasteiger partial charge in [-0.25, -0.2) is 4.98 Å². The van der Waals surface area contributed by atoms with Crippen molar-refractivity contribution in [3.63, 3.8) is 0 Å². The summed E-state index contributed by atoms with van der Waals surface area (Å²) in [6.45, 7) is 6.95. The lowest BCUT2D eigenvalue weighted by molar-refractivity contribution is 0.1000. The molecule has 0 unspecified atom stereocenters. The van der Waals surface area contributed by atoms with Crippen molar-refractivity contribution in [2.24, 2.45) is 11.1 Å². The molecule has 128 valence electrons. The molecule has 0 aliphatic heterocycles. The number of hydrogen-bond acceptors (Lipinski definition) is 6. The molecule has 1 aromatic rings. The number of hydrogen-bond donors (Lipinski definition) is 4. The predicted octanol–water partition coefficient (Wildman–Crippen LogP) is 1.75. The van der Waals surface area contributed by atoms with Gasteiger partial charge in [0.1, 0.15) is 5.82 Å². The fourth-order valence-electron chi connectivity index (χ4n) is 2.52. The zero-order valence-electron chi connectivity index (χ0n) is 14.1. The first-order valence-electron chi connectivity index (χ1n) is 8.10. The quantitative estimate of drug-likeness (QED) is 0.657. The third kappa shape index (κ3) is 5.35. The predicted molar refractivity (Wildman–Crippen MR) is 90.4 cm³/mol. The molecule has 23 heavy (non-hydrogen) atoms. The summed E-state index contributed by atoms with van der Waals surface area (Å²) in [7, 11) is 0. The number of carbonyl (C=O) groups is 1. The average Bonchev–Trinajstić information content (AvgIpc) is 2.47. The second kappa shape index (κ2) is 7.12. The Bertz CT molecular complexity index is 548. The summed E-state index contributed by atoms with van der Waals surface area (Å²) < 4.78 is 0. The molecule has 0 atom stereocenters. The molecule has 1 saturated carbocycles. The van der Waals surface area contributed by atoms with Crippen LogP contribution in [0.4, 0.5) is 11.8 Å². The summed E-state index contributed by atoms with van der Waals surface area (Å²) in [4.78, 5) is 20.1. The van der Waals surface area contributed by atoms with E-state index < -0.39 is 5.91 Å². The molecule has 7 nitrogen and oxygen atoms in total. The van der Waals surface area contributed by atoms with E-state index in [-0.39, 0.29) is 17.6 Å². The highest BCUT2D eigenvalue weighted by Gasteiger charge is 2.21. The first-order valence-corrected chi connectivity index (χ1v) is 8.10. The Kier molecular flexibility index (Phi) is 5.41. The number of aromatic nitrogens is 2. The lowest BCUT2D eigenvalue weighted by atomic mass is 9.93. The summed E-state index contributed by atoms with van der Waals surface area (Å²) in [6, 6.07) is 0.244. The minimum absolute atomic E-state index is 0.0486. The maximum atomic E-state index is 11.5. The third-order valence-electron chi connectivity index (χ3n) is 3.87. The van der Waals surface area contributed by atoms with Crippen molar-refractivity contribution in [3.8, 4) is 0 Å². The molecule has 7 heteroatoms. The monoisotopic (exact) mass is 321 g/mol. The Morgan fingerprint density at radius 2 is 2.00 bits per heavy atom. The molecular weight excluding hydrogens is 294 g/mol. The summed E-state index contributed by atoms with van der Waals surface area (Å²) in [6.07, 6.45) is 4.59. The minimum atomic E-state index is -0.547. The van der Waals surface area contributed by atoms with Gasteiger partial charge in [-0.2, -0.15) is 4.98 Å². The lowest BCUT2D eigenvalue weighted by Crippen LogP contribution is -2.29. The molecule has 5 N–H and O–H groups in total. The van der Waals surface area contributed by atoms with Crippen LogP contribution in [0.2, 0.25) is 0 Å². The van der Waals surface area contributed by atoms with Crippen LogP contribution in [0.3, 0.4) is 0 Å². The molecule has 0 aromatic carbocycles. The van der Waals surface area contributed by atoms with E-state index >= 15 is 0 Å². The van der Waals surface area contributed by atoms with Crippen LogP contribution in [0, 0.1) is 5.41 Å². The second-order valence-electron chi connectivity index (χ2n) is 7.38. The molecule has 1 aromatic heterocycles. The number of carbonyl (C=O) groups excluding carboxylic acids is 1. The number of primary amides is 1. The van der Waals surface area contributed by atoms with Crippen molar-refractivity contribution in [2.45, 2.75) is 58.6 Å². The van der Waals surface area contributed by atoms with Crippen LogP contribution in [0.5, 0.6) is 0 Å². The molecule has 1 heterocycles. The van der Waals surface area contributed by atoms with E-state index in [4.69, 9.17) is 5.73 Å². The van der Waals surface area contributed by atoms with E-state index in [2.05, 4.69) is 41.4 Å². The van der Waals surface area contributed by atoms with Crippen molar-refractivity contribution in [1.29, 1.82) is 0 Å². The first-order chi connectivity index (χ1) is 10.7. The largest absolute Gasteiger partial charge is 0.393 e. The van der Waals surface area contributed by atoms with Gasteiger partial charge in [0.05, 0.1) is 11.7 Å². The Balaban J connectivity index is 2.10. The van der Waals surface area contributed by atoms with Crippen molar-refractivity contribution in [1.82, 2.24) is 9.97 Å². The molecule has 1 aliphatic rings. The first kappa shape index (κ1) is 17.5. The molecule has 1 aliphatic carbocycles. The number of amides is 1. The molecule has 0 spiro atoms. The fraction of sp³-hybridized carbons (Fsp3) is 0.688. The van der Waals surface area contributed by atoms with Gasteiger partial charge in [0.2, 0.25) is 5.95 Å².